The lowest BCUT2D eigenvalue weighted by Gasteiger charge is -2.27. The number of hydrogen-bond acceptors (Lipinski definition) is 2. The molecule has 1 saturated carbocycles. The zero-order valence-corrected chi connectivity index (χ0v) is 11.2. The molecule has 0 heterocycles. The van der Waals surface area contributed by atoms with Gasteiger partial charge in [0, 0.05) is 0 Å². The first-order valence-electron chi connectivity index (χ1n) is 6.38. The van der Waals surface area contributed by atoms with Crippen LogP contribution in [-0.2, 0) is 9.59 Å². The Kier molecular flexibility index (Phi) is 4.43. The Balaban J connectivity index is 2.10. The van der Waals surface area contributed by atoms with Crippen molar-refractivity contribution in [3.05, 3.63) is 29.3 Å². The minimum atomic E-state index is -0.890. The first-order valence-corrected chi connectivity index (χ1v) is 6.75. The van der Waals surface area contributed by atoms with Gasteiger partial charge < -0.3 is 10.4 Å². The van der Waals surface area contributed by atoms with E-state index in [9.17, 15) is 14.7 Å². The molecule has 1 fully saturated rings. The third-order valence-electron chi connectivity index (χ3n) is 3.55. The van der Waals surface area contributed by atoms with Gasteiger partial charge in [0.1, 0.15) is 0 Å². The third kappa shape index (κ3) is 3.26. The summed E-state index contributed by atoms with van der Waals surface area (Å²) in [5.41, 5.74) is 0.531. The van der Waals surface area contributed by atoms with Crippen LogP contribution in [-0.4, -0.2) is 17.0 Å². The summed E-state index contributed by atoms with van der Waals surface area (Å²) >= 11 is 5.98. The molecular formula is C14H16ClNO3. The van der Waals surface area contributed by atoms with E-state index in [4.69, 9.17) is 11.6 Å². The molecule has 0 aromatic heterocycles. The zero-order chi connectivity index (χ0) is 13.8. The van der Waals surface area contributed by atoms with E-state index in [0.29, 0.717) is 23.6 Å². The van der Waals surface area contributed by atoms with E-state index >= 15 is 0 Å². The summed E-state index contributed by atoms with van der Waals surface area (Å²) in [6.45, 7) is 0. The summed E-state index contributed by atoms with van der Waals surface area (Å²) in [5.74, 6) is -2.20. The van der Waals surface area contributed by atoms with Gasteiger partial charge in [0.05, 0.1) is 22.5 Å². The molecule has 4 nitrogen and oxygen atoms in total. The molecule has 1 aliphatic carbocycles. The molecule has 0 unspecified atom stereocenters. The van der Waals surface area contributed by atoms with E-state index in [1.54, 1.807) is 24.3 Å². The SMILES string of the molecule is O=C(Nc1ccccc1Cl)[C@H]1CCCC[C@H]1C(=O)O. The summed E-state index contributed by atoms with van der Waals surface area (Å²) in [6.07, 6.45) is 2.94. The Bertz CT molecular complexity index is 489. The van der Waals surface area contributed by atoms with Crippen LogP contribution in [0.3, 0.4) is 0 Å². The van der Waals surface area contributed by atoms with Crippen molar-refractivity contribution in [1.82, 2.24) is 0 Å². The standard InChI is InChI=1S/C14H16ClNO3/c15-11-7-3-4-8-12(11)16-13(17)9-5-1-2-6-10(9)14(18)19/h3-4,7-10H,1-2,5-6H2,(H,16,17)(H,18,19)/t9-,10+/m0/s1. The fourth-order valence-electron chi connectivity index (χ4n) is 2.53. The van der Waals surface area contributed by atoms with Crippen molar-refractivity contribution in [3.8, 4) is 0 Å². The van der Waals surface area contributed by atoms with Crippen LogP contribution in [0.25, 0.3) is 0 Å². The first-order chi connectivity index (χ1) is 9.09. The van der Waals surface area contributed by atoms with Gasteiger partial charge in [0.15, 0.2) is 0 Å². The summed E-state index contributed by atoms with van der Waals surface area (Å²) in [7, 11) is 0. The van der Waals surface area contributed by atoms with Gasteiger partial charge >= 0.3 is 5.97 Å². The molecule has 0 spiro atoms. The fraction of sp³-hybridized carbons (Fsp3) is 0.429. The van der Waals surface area contributed by atoms with Gasteiger partial charge in [-0.15, -0.1) is 0 Å². The first kappa shape index (κ1) is 13.9. The Labute approximate surface area is 116 Å². The van der Waals surface area contributed by atoms with E-state index in [1.807, 2.05) is 0 Å². The number of carbonyl (C=O) groups excluding carboxylic acids is 1. The molecule has 1 aromatic rings. The Morgan fingerprint density at radius 1 is 1.16 bits per heavy atom. The lowest BCUT2D eigenvalue weighted by molar-refractivity contribution is -0.147. The number of halogens is 1. The minimum Gasteiger partial charge on any atom is -0.481 e. The largest absolute Gasteiger partial charge is 0.481 e. The average Bonchev–Trinajstić information content (AvgIpc) is 2.41. The van der Waals surface area contributed by atoms with Crippen LogP contribution in [0.1, 0.15) is 25.7 Å². The molecule has 0 radical (unpaired) electrons. The van der Waals surface area contributed by atoms with Crippen molar-refractivity contribution in [2.24, 2.45) is 11.8 Å². The van der Waals surface area contributed by atoms with Crippen molar-refractivity contribution in [1.29, 1.82) is 0 Å². The second-order valence-electron chi connectivity index (χ2n) is 4.80. The maximum atomic E-state index is 12.2. The van der Waals surface area contributed by atoms with E-state index in [2.05, 4.69) is 5.32 Å². The second kappa shape index (κ2) is 6.06. The van der Waals surface area contributed by atoms with Crippen LogP contribution in [0.2, 0.25) is 5.02 Å². The number of carbonyl (C=O) groups is 2. The molecule has 2 atom stereocenters. The number of rotatable bonds is 3. The van der Waals surface area contributed by atoms with Gasteiger partial charge in [0.2, 0.25) is 5.91 Å². The van der Waals surface area contributed by atoms with Gasteiger partial charge in [-0.3, -0.25) is 9.59 Å². The molecular weight excluding hydrogens is 266 g/mol. The smallest absolute Gasteiger partial charge is 0.307 e. The summed E-state index contributed by atoms with van der Waals surface area (Å²) in [5, 5.41) is 12.4. The summed E-state index contributed by atoms with van der Waals surface area (Å²) < 4.78 is 0. The molecule has 2 N–H and O–H groups in total. The molecule has 0 bridgehead atoms. The van der Waals surface area contributed by atoms with Gasteiger partial charge in [0.25, 0.3) is 0 Å². The maximum Gasteiger partial charge on any atom is 0.307 e. The number of benzene rings is 1. The molecule has 102 valence electrons. The van der Waals surface area contributed by atoms with Crippen LogP contribution in [0, 0.1) is 11.8 Å². The van der Waals surface area contributed by atoms with Crippen LogP contribution in [0.4, 0.5) is 5.69 Å². The summed E-state index contributed by atoms with van der Waals surface area (Å²) in [6, 6.07) is 6.95. The van der Waals surface area contributed by atoms with Crippen LogP contribution in [0.15, 0.2) is 24.3 Å². The Morgan fingerprint density at radius 3 is 2.42 bits per heavy atom. The predicted molar refractivity (Wildman–Crippen MR) is 73.2 cm³/mol. The van der Waals surface area contributed by atoms with Crippen molar-refractivity contribution >= 4 is 29.2 Å². The van der Waals surface area contributed by atoms with Crippen LogP contribution >= 0.6 is 11.6 Å². The number of hydrogen-bond donors (Lipinski definition) is 2. The molecule has 5 heteroatoms. The highest BCUT2D eigenvalue weighted by atomic mass is 35.5. The average molecular weight is 282 g/mol. The third-order valence-corrected chi connectivity index (χ3v) is 3.88. The van der Waals surface area contributed by atoms with E-state index < -0.39 is 17.8 Å². The second-order valence-corrected chi connectivity index (χ2v) is 5.21. The minimum absolute atomic E-state index is 0.250. The van der Waals surface area contributed by atoms with Crippen molar-refractivity contribution in [3.63, 3.8) is 0 Å². The molecule has 0 aliphatic heterocycles. The Morgan fingerprint density at radius 2 is 1.79 bits per heavy atom. The molecule has 19 heavy (non-hydrogen) atoms. The molecule has 1 aliphatic rings. The number of nitrogens with one attached hydrogen (secondary N) is 1. The zero-order valence-electron chi connectivity index (χ0n) is 10.4. The van der Waals surface area contributed by atoms with Gasteiger partial charge in [-0.25, -0.2) is 0 Å². The van der Waals surface area contributed by atoms with Crippen LogP contribution in [0.5, 0.6) is 0 Å². The van der Waals surface area contributed by atoms with Crippen molar-refractivity contribution in [2.75, 3.05) is 5.32 Å². The number of carboxylic acids is 1. The van der Waals surface area contributed by atoms with E-state index in [1.165, 1.54) is 0 Å². The lowest BCUT2D eigenvalue weighted by Crippen LogP contribution is -2.36. The van der Waals surface area contributed by atoms with Gasteiger partial charge in [-0.05, 0) is 25.0 Å². The van der Waals surface area contributed by atoms with Crippen molar-refractivity contribution in [2.45, 2.75) is 25.7 Å². The highest BCUT2D eigenvalue weighted by Crippen LogP contribution is 2.32. The molecule has 1 aromatic carbocycles. The number of aliphatic carboxylic acids is 1. The fourth-order valence-corrected chi connectivity index (χ4v) is 2.71. The van der Waals surface area contributed by atoms with Crippen LogP contribution < -0.4 is 5.32 Å². The molecule has 1 amide bonds. The molecule has 2 rings (SSSR count). The highest BCUT2D eigenvalue weighted by molar-refractivity contribution is 6.33. The Hall–Kier alpha value is -1.55. The van der Waals surface area contributed by atoms with Crippen molar-refractivity contribution < 1.29 is 14.7 Å². The van der Waals surface area contributed by atoms with Gasteiger partial charge in [-0.1, -0.05) is 36.6 Å². The monoisotopic (exact) mass is 281 g/mol. The quantitative estimate of drug-likeness (QED) is 0.894. The van der Waals surface area contributed by atoms with E-state index in [0.717, 1.165) is 12.8 Å². The normalized spacial score (nSPS) is 22.8. The van der Waals surface area contributed by atoms with Gasteiger partial charge in [-0.2, -0.15) is 0 Å². The topological polar surface area (TPSA) is 66.4 Å². The van der Waals surface area contributed by atoms with E-state index in [-0.39, 0.29) is 5.91 Å². The number of anilines is 1. The number of carboxylic acid groups (broad SMARTS) is 1. The number of para-hydroxylation sites is 1. The maximum absolute atomic E-state index is 12.2. The lowest BCUT2D eigenvalue weighted by atomic mass is 9.78. The summed E-state index contributed by atoms with van der Waals surface area (Å²) in [4.78, 5) is 23.4. The predicted octanol–water partition coefficient (Wildman–Crippen LogP) is 3.17. The highest BCUT2D eigenvalue weighted by Gasteiger charge is 2.35. The molecule has 0 saturated heterocycles. The number of amides is 1.